The third-order valence-corrected chi connectivity index (χ3v) is 6.67. The molecule has 2 rings (SSSR count). The number of carbonyl (C=O) groups is 1. The highest BCUT2D eigenvalue weighted by Gasteiger charge is 2.40. The van der Waals surface area contributed by atoms with Gasteiger partial charge in [-0.25, -0.2) is 0 Å². The lowest BCUT2D eigenvalue weighted by Crippen LogP contribution is -2.35. The summed E-state index contributed by atoms with van der Waals surface area (Å²) < 4.78 is 29.1. The van der Waals surface area contributed by atoms with Gasteiger partial charge in [-0.3, -0.25) is 4.79 Å². The summed E-state index contributed by atoms with van der Waals surface area (Å²) in [5.41, 5.74) is 0. The van der Waals surface area contributed by atoms with E-state index in [1.54, 1.807) is 7.11 Å². The molecule has 192 valence electrons. The first-order chi connectivity index (χ1) is 15.6. The van der Waals surface area contributed by atoms with E-state index < -0.39 is 17.8 Å². The molecule has 0 aliphatic carbocycles. The second kappa shape index (κ2) is 13.8. The number of fused-ring (bicyclic) bond motifs is 1. The number of cyclic esters (lactones) is 1. The van der Waals surface area contributed by atoms with Crippen LogP contribution in [0.25, 0.3) is 0 Å². The normalized spacial score (nSPS) is 38.0. The third kappa shape index (κ3) is 9.65. The number of aliphatic hydroxyl groups is 1. The van der Waals surface area contributed by atoms with Crippen molar-refractivity contribution in [1.29, 1.82) is 0 Å². The number of allylic oxidation sites excluding steroid dienone is 2. The molecule has 2 aliphatic rings. The molecule has 1 unspecified atom stereocenters. The largest absolute Gasteiger partial charge is 0.460 e. The minimum absolute atomic E-state index is 0.0692. The molecule has 0 aromatic rings. The summed E-state index contributed by atoms with van der Waals surface area (Å²) in [6.45, 7) is 10.0. The molecule has 1 saturated heterocycles. The van der Waals surface area contributed by atoms with Crippen LogP contribution in [0.5, 0.6) is 0 Å². The molecule has 0 saturated carbocycles. The Kier molecular flexibility index (Phi) is 11.8. The number of ether oxygens (including phenoxy) is 5. The predicted molar refractivity (Wildman–Crippen MR) is 126 cm³/mol. The first kappa shape index (κ1) is 28.2. The molecule has 1 fully saturated rings. The monoisotopic (exact) mass is 470 g/mol. The van der Waals surface area contributed by atoms with Crippen molar-refractivity contribution in [2.75, 3.05) is 20.5 Å². The molecule has 33 heavy (non-hydrogen) atoms. The lowest BCUT2D eigenvalue weighted by Gasteiger charge is -2.28. The maximum atomic E-state index is 12.9. The molecule has 0 amide bonds. The highest BCUT2D eigenvalue weighted by atomic mass is 16.7. The van der Waals surface area contributed by atoms with Gasteiger partial charge >= 0.3 is 5.97 Å². The summed E-state index contributed by atoms with van der Waals surface area (Å²) in [5.74, 6) is -0.734. The van der Waals surface area contributed by atoms with Gasteiger partial charge in [0.15, 0.2) is 5.79 Å². The van der Waals surface area contributed by atoms with Crippen LogP contribution in [0.3, 0.4) is 0 Å². The molecule has 0 radical (unpaired) electrons. The molecule has 1 N–H and O–H groups in total. The molecular formula is C26H46O7. The van der Waals surface area contributed by atoms with Crippen molar-refractivity contribution in [2.24, 2.45) is 17.8 Å². The fourth-order valence-electron chi connectivity index (χ4n) is 4.77. The molecule has 2 aliphatic heterocycles. The Labute approximate surface area is 200 Å². The van der Waals surface area contributed by atoms with Gasteiger partial charge in [0.1, 0.15) is 12.9 Å². The second-order valence-electron chi connectivity index (χ2n) is 10.4. The van der Waals surface area contributed by atoms with Crippen LogP contribution >= 0.6 is 0 Å². The van der Waals surface area contributed by atoms with Gasteiger partial charge in [0.05, 0.1) is 30.8 Å². The minimum atomic E-state index is -0.558. The molecule has 0 bridgehead atoms. The van der Waals surface area contributed by atoms with Crippen LogP contribution in [0.4, 0.5) is 0 Å². The zero-order valence-corrected chi connectivity index (χ0v) is 21.5. The van der Waals surface area contributed by atoms with Crippen LogP contribution in [0.1, 0.15) is 79.6 Å². The Balaban J connectivity index is 2.15. The predicted octanol–water partition coefficient (Wildman–Crippen LogP) is 4.61. The Morgan fingerprint density at radius 1 is 1.03 bits per heavy atom. The zero-order chi connectivity index (χ0) is 24.4. The number of hydrogen-bond acceptors (Lipinski definition) is 7. The van der Waals surface area contributed by atoms with Crippen molar-refractivity contribution in [1.82, 2.24) is 0 Å². The maximum Gasteiger partial charge on any atom is 0.311 e. The summed E-state index contributed by atoms with van der Waals surface area (Å²) in [6, 6.07) is 0. The minimum Gasteiger partial charge on any atom is -0.460 e. The molecule has 7 nitrogen and oxygen atoms in total. The van der Waals surface area contributed by atoms with Crippen LogP contribution in [0.15, 0.2) is 12.2 Å². The fourth-order valence-corrected chi connectivity index (χ4v) is 4.77. The molecule has 2 heterocycles. The summed E-state index contributed by atoms with van der Waals surface area (Å²) in [4.78, 5) is 12.9. The smallest absolute Gasteiger partial charge is 0.311 e. The Hall–Kier alpha value is -0.990. The number of aliphatic hydroxyl groups excluding tert-OH is 1. The molecule has 7 heteroatoms. The number of esters is 1. The van der Waals surface area contributed by atoms with Crippen LogP contribution in [-0.4, -0.2) is 61.8 Å². The van der Waals surface area contributed by atoms with E-state index in [1.807, 2.05) is 20.8 Å². The van der Waals surface area contributed by atoms with E-state index in [0.717, 1.165) is 32.1 Å². The summed E-state index contributed by atoms with van der Waals surface area (Å²) in [7, 11) is 1.57. The van der Waals surface area contributed by atoms with Crippen LogP contribution in [-0.2, 0) is 28.5 Å². The van der Waals surface area contributed by atoms with Gasteiger partial charge in [0.2, 0.25) is 0 Å². The molecule has 7 atom stereocenters. The topological polar surface area (TPSA) is 83.5 Å². The van der Waals surface area contributed by atoms with Crippen molar-refractivity contribution in [3.8, 4) is 0 Å². The lowest BCUT2D eigenvalue weighted by atomic mass is 9.90. The van der Waals surface area contributed by atoms with Crippen molar-refractivity contribution < 1.29 is 33.6 Å². The van der Waals surface area contributed by atoms with Gasteiger partial charge in [-0.1, -0.05) is 26.0 Å². The van der Waals surface area contributed by atoms with E-state index in [1.165, 1.54) is 0 Å². The van der Waals surface area contributed by atoms with Gasteiger partial charge in [-0.05, 0) is 77.6 Å². The van der Waals surface area contributed by atoms with E-state index in [-0.39, 0.29) is 37.7 Å². The van der Waals surface area contributed by atoms with Gasteiger partial charge in [0.25, 0.3) is 0 Å². The molecule has 0 aromatic heterocycles. The number of methoxy groups -OCH3 is 1. The Morgan fingerprint density at radius 2 is 1.73 bits per heavy atom. The second-order valence-corrected chi connectivity index (χ2v) is 10.4. The number of rotatable bonds is 4. The van der Waals surface area contributed by atoms with Crippen molar-refractivity contribution in [3.63, 3.8) is 0 Å². The molecule has 0 aromatic carbocycles. The highest BCUT2D eigenvalue weighted by molar-refractivity contribution is 5.72. The number of carbonyl (C=O) groups excluding carboxylic acids is 1. The van der Waals surface area contributed by atoms with E-state index in [4.69, 9.17) is 23.7 Å². The average Bonchev–Trinajstić information content (AvgIpc) is 3.06. The van der Waals surface area contributed by atoms with E-state index in [9.17, 15) is 9.90 Å². The van der Waals surface area contributed by atoms with Crippen LogP contribution < -0.4 is 0 Å². The average molecular weight is 471 g/mol. The van der Waals surface area contributed by atoms with Gasteiger partial charge in [0, 0.05) is 7.11 Å². The quantitative estimate of drug-likeness (QED) is 0.365. The Bertz CT molecular complexity index is 605. The van der Waals surface area contributed by atoms with Crippen LogP contribution in [0.2, 0.25) is 0 Å². The summed E-state index contributed by atoms with van der Waals surface area (Å²) >= 11 is 0. The van der Waals surface area contributed by atoms with E-state index in [0.29, 0.717) is 24.7 Å². The van der Waals surface area contributed by atoms with Gasteiger partial charge in [-0.2, -0.15) is 0 Å². The Morgan fingerprint density at radius 3 is 2.39 bits per heavy atom. The third-order valence-electron chi connectivity index (χ3n) is 6.67. The SMILES string of the molecule is COCOC1C[C@@H](C)CC[C@@H]2OC(C)(C)O[C@H]2CC/C=C/C[C@@H](C)C[C@@H](CO)OC(=O)[C@@H]1C. The number of hydrogen-bond donors (Lipinski definition) is 1. The van der Waals surface area contributed by atoms with Gasteiger partial charge < -0.3 is 28.8 Å². The van der Waals surface area contributed by atoms with Crippen molar-refractivity contribution in [3.05, 3.63) is 12.2 Å². The molecule has 0 spiro atoms. The first-order valence-corrected chi connectivity index (χ1v) is 12.6. The first-order valence-electron chi connectivity index (χ1n) is 12.6. The van der Waals surface area contributed by atoms with E-state index >= 15 is 0 Å². The van der Waals surface area contributed by atoms with Crippen molar-refractivity contribution in [2.45, 2.75) is 110 Å². The summed E-state index contributed by atoms with van der Waals surface area (Å²) in [5, 5.41) is 9.78. The van der Waals surface area contributed by atoms with Gasteiger partial charge in [-0.15, -0.1) is 0 Å². The highest BCUT2D eigenvalue weighted by Crippen LogP contribution is 2.34. The summed E-state index contributed by atoms with van der Waals surface area (Å²) in [6.07, 6.45) is 9.63. The molecular weight excluding hydrogens is 424 g/mol. The zero-order valence-electron chi connectivity index (χ0n) is 21.5. The maximum absolute atomic E-state index is 12.9. The van der Waals surface area contributed by atoms with E-state index in [2.05, 4.69) is 26.0 Å². The fraction of sp³-hybridized carbons (Fsp3) is 0.885. The lowest BCUT2D eigenvalue weighted by molar-refractivity contribution is -0.167. The van der Waals surface area contributed by atoms with Crippen molar-refractivity contribution >= 4 is 5.97 Å². The van der Waals surface area contributed by atoms with Crippen LogP contribution in [0, 0.1) is 17.8 Å². The standard InChI is InChI=1S/C26H46O7/c1-18-10-8-7-9-11-22-23(33-26(4,5)32-22)13-12-19(2)15-24(30-17-29-6)20(3)25(28)31-21(14-18)16-27/h7-8,18-24,27H,9-17H2,1-6H3/b8-7+/t18-,19+,20-,21+,22+,23+,24?/m1/s1.